The lowest BCUT2D eigenvalue weighted by molar-refractivity contribution is -0.159. The molecule has 0 radical (unpaired) electrons. The maximum atomic E-state index is 13.7. The molecule has 0 bridgehead atoms. The molecule has 8 nitrogen and oxygen atoms in total. The number of aromatic nitrogens is 2. The number of aliphatic carboxylic acids is 2. The first kappa shape index (κ1) is 21.4. The Morgan fingerprint density at radius 2 is 1.83 bits per heavy atom. The SMILES string of the molecule is COc1cccc(-c2cnc(NCc3ccccc3F)n2C)c1.O=C(O)C(=O)O. The van der Waals surface area contributed by atoms with E-state index in [1.807, 2.05) is 41.9 Å². The number of carboxylic acid groups (broad SMARTS) is 2. The van der Waals surface area contributed by atoms with Gasteiger partial charge in [0.15, 0.2) is 0 Å². The maximum absolute atomic E-state index is 13.7. The number of nitrogens with zero attached hydrogens (tertiary/aromatic N) is 2. The lowest BCUT2D eigenvalue weighted by atomic mass is 10.1. The predicted octanol–water partition coefficient (Wildman–Crippen LogP) is 3.00. The van der Waals surface area contributed by atoms with Crippen molar-refractivity contribution in [3.63, 3.8) is 0 Å². The zero-order valence-corrected chi connectivity index (χ0v) is 15.8. The molecule has 29 heavy (non-hydrogen) atoms. The van der Waals surface area contributed by atoms with Crippen molar-refractivity contribution in [3.8, 4) is 17.0 Å². The summed E-state index contributed by atoms with van der Waals surface area (Å²) in [5.41, 5.74) is 2.58. The largest absolute Gasteiger partial charge is 0.497 e. The molecular formula is C20H20FN3O5. The molecule has 1 aromatic heterocycles. The third-order valence-electron chi connectivity index (χ3n) is 3.93. The van der Waals surface area contributed by atoms with Crippen molar-refractivity contribution in [2.75, 3.05) is 12.4 Å². The normalized spacial score (nSPS) is 9.90. The van der Waals surface area contributed by atoms with Gasteiger partial charge in [0.05, 0.1) is 19.0 Å². The molecule has 0 aliphatic carbocycles. The second-order valence-electron chi connectivity index (χ2n) is 5.81. The van der Waals surface area contributed by atoms with Crippen LogP contribution in [0.2, 0.25) is 0 Å². The maximum Gasteiger partial charge on any atom is 0.414 e. The van der Waals surface area contributed by atoms with E-state index in [-0.39, 0.29) is 5.82 Å². The number of carbonyl (C=O) groups is 2. The van der Waals surface area contributed by atoms with Gasteiger partial charge >= 0.3 is 11.9 Å². The van der Waals surface area contributed by atoms with Gasteiger partial charge in [-0.05, 0) is 18.2 Å². The third kappa shape index (κ3) is 5.80. The van der Waals surface area contributed by atoms with Crippen LogP contribution in [0, 0.1) is 5.82 Å². The van der Waals surface area contributed by atoms with Gasteiger partial charge in [-0.15, -0.1) is 0 Å². The van der Waals surface area contributed by atoms with Crippen LogP contribution in [0.5, 0.6) is 5.75 Å². The standard InChI is InChI=1S/C18H18FN3O.C2H2O4/c1-22-17(13-7-5-8-15(10-13)23-2)12-21-18(22)20-11-14-6-3-4-9-16(14)19;3-1(4)2(5)6/h3-10,12H,11H2,1-2H3,(H,20,21);(H,3,4)(H,5,6). The summed E-state index contributed by atoms with van der Waals surface area (Å²) in [5, 5.41) is 18.0. The van der Waals surface area contributed by atoms with E-state index in [9.17, 15) is 4.39 Å². The van der Waals surface area contributed by atoms with E-state index >= 15 is 0 Å². The Kier molecular flexibility index (Phi) is 7.30. The molecule has 3 aromatic rings. The van der Waals surface area contributed by atoms with Crippen LogP contribution >= 0.6 is 0 Å². The summed E-state index contributed by atoms with van der Waals surface area (Å²) in [5.74, 6) is -2.39. The molecule has 0 amide bonds. The van der Waals surface area contributed by atoms with Gasteiger partial charge in [0, 0.05) is 24.7 Å². The van der Waals surface area contributed by atoms with E-state index in [4.69, 9.17) is 24.5 Å². The molecule has 9 heteroatoms. The second-order valence-corrected chi connectivity index (χ2v) is 5.81. The first-order chi connectivity index (χ1) is 13.8. The number of rotatable bonds is 5. The fourth-order valence-electron chi connectivity index (χ4n) is 2.44. The Hall–Kier alpha value is -3.88. The molecule has 152 valence electrons. The van der Waals surface area contributed by atoms with Crippen LogP contribution < -0.4 is 10.1 Å². The van der Waals surface area contributed by atoms with Crippen molar-refractivity contribution < 1.29 is 28.9 Å². The first-order valence-corrected chi connectivity index (χ1v) is 8.43. The number of hydrogen-bond donors (Lipinski definition) is 3. The fraction of sp³-hybridized carbons (Fsp3) is 0.150. The van der Waals surface area contributed by atoms with Gasteiger partial charge in [-0.1, -0.05) is 30.3 Å². The molecule has 0 spiro atoms. The summed E-state index contributed by atoms with van der Waals surface area (Å²) >= 11 is 0. The number of anilines is 1. The summed E-state index contributed by atoms with van der Waals surface area (Å²) in [7, 11) is 3.56. The van der Waals surface area contributed by atoms with Crippen LogP contribution in [0.3, 0.4) is 0 Å². The predicted molar refractivity (Wildman–Crippen MR) is 104 cm³/mol. The van der Waals surface area contributed by atoms with E-state index in [0.717, 1.165) is 17.0 Å². The number of nitrogens with one attached hydrogen (secondary N) is 1. The van der Waals surface area contributed by atoms with Crippen molar-refractivity contribution in [1.29, 1.82) is 0 Å². The highest BCUT2D eigenvalue weighted by atomic mass is 19.1. The molecule has 0 aliphatic rings. The summed E-state index contributed by atoms with van der Waals surface area (Å²) in [4.78, 5) is 22.6. The van der Waals surface area contributed by atoms with E-state index in [1.54, 1.807) is 25.4 Å². The molecular weight excluding hydrogens is 381 g/mol. The molecule has 3 rings (SSSR count). The van der Waals surface area contributed by atoms with Crippen LogP contribution in [0.25, 0.3) is 11.3 Å². The van der Waals surface area contributed by atoms with E-state index in [1.165, 1.54) is 6.07 Å². The van der Waals surface area contributed by atoms with Crippen molar-refractivity contribution >= 4 is 17.9 Å². The monoisotopic (exact) mass is 401 g/mol. The minimum absolute atomic E-state index is 0.220. The van der Waals surface area contributed by atoms with Gasteiger partial charge in [0.25, 0.3) is 0 Å². The summed E-state index contributed by atoms with van der Waals surface area (Å²) < 4.78 is 20.9. The van der Waals surface area contributed by atoms with Crippen molar-refractivity contribution in [2.24, 2.45) is 7.05 Å². The van der Waals surface area contributed by atoms with E-state index < -0.39 is 11.9 Å². The van der Waals surface area contributed by atoms with Crippen LogP contribution in [-0.2, 0) is 23.2 Å². The van der Waals surface area contributed by atoms with Gasteiger partial charge in [-0.2, -0.15) is 0 Å². The minimum atomic E-state index is -1.82. The molecule has 0 aliphatic heterocycles. The van der Waals surface area contributed by atoms with Gasteiger partial charge in [-0.3, -0.25) is 0 Å². The van der Waals surface area contributed by atoms with Crippen LogP contribution in [0.15, 0.2) is 54.7 Å². The molecule has 3 N–H and O–H groups in total. The number of carboxylic acids is 2. The van der Waals surface area contributed by atoms with Crippen molar-refractivity contribution in [2.45, 2.75) is 6.54 Å². The highest BCUT2D eigenvalue weighted by Gasteiger charge is 2.10. The zero-order chi connectivity index (χ0) is 21.4. The first-order valence-electron chi connectivity index (χ1n) is 8.43. The minimum Gasteiger partial charge on any atom is -0.497 e. The lowest BCUT2D eigenvalue weighted by Gasteiger charge is -2.09. The quantitative estimate of drug-likeness (QED) is 0.563. The topological polar surface area (TPSA) is 114 Å². The Morgan fingerprint density at radius 1 is 1.14 bits per heavy atom. The van der Waals surface area contributed by atoms with Crippen LogP contribution in [0.1, 0.15) is 5.56 Å². The number of benzene rings is 2. The second kappa shape index (κ2) is 9.88. The highest BCUT2D eigenvalue weighted by molar-refractivity contribution is 6.27. The average molecular weight is 401 g/mol. The third-order valence-corrected chi connectivity index (χ3v) is 3.93. The summed E-state index contributed by atoms with van der Waals surface area (Å²) in [6.45, 7) is 0.384. The lowest BCUT2D eigenvalue weighted by Crippen LogP contribution is -2.09. The summed E-state index contributed by atoms with van der Waals surface area (Å²) in [6.07, 6.45) is 1.79. The Bertz CT molecular complexity index is 991. The summed E-state index contributed by atoms with van der Waals surface area (Å²) in [6, 6.07) is 14.5. The molecule has 0 saturated carbocycles. The average Bonchev–Trinajstić information content (AvgIpc) is 3.08. The van der Waals surface area contributed by atoms with Crippen molar-refractivity contribution in [1.82, 2.24) is 9.55 Å². The van der Waals surface area contributed by atoms with Gasteiger partial charge in [0.2, 0.25) is 5.95 Å². The Balaban J connectivity index is 0.000000438. The molecule has 0 fully saturated rings. The van der Waals surface area contributed by atoms with E-state index in [0.29, 0.717) is 18.1 Å². The number of hydrogen-bond acceptors (Lipinski definition) is 5. The van der Waals surface area contributed by atoms with Crippen LogP contribution in [-0.4, -0.2) is 38.8 Å². The highest BCUT2D eigenvalue weighted by Crippen LogP contribution is 2.25. The number of methoxy groups -OCH3 is 1. The molecule has 0 atom stereocenters. The number of halogens is 1. The molecule has 1 heterocycles. The molecule has 0 unspecified atom stereocenters. The van der Waals surface area contributed by atoms with Gasteiger partial charge in [-0.25, -0.2) is 19.0 Å². The number of imidazole rings is 1. The fourth-order valence-corrected chi connectivity index (χ4v) is 2.44. The molecule has 2 aromatic carbocycles. The van der Waals surface area contributed by atoms with Gasteiger partial charge in [0.1, 0.15) is 11.6 Å². The zero-order valence-electron chi connectivity index (χ0n) is 15.8. The number of ether oxygens (including phenoxy) is 1. The van der Waals surface area contributed by atoms with Crippen molar-refractivity contribution in [3.05, 3.63) is 66.1 Å². The van der Waals surface area contributed by atoms with Crippen LogP contribution in [0.4, 0.5) is 10.3 Å². The Labute approximate surface area is 166 Å². The smallest absolute Gasteiger partial charge is 0.414 e. The Morgan fingerprint density at radius 3 is 2.45 bits per heavy atom. The van der Waals surface area contributed by atoms with E-state index in [2.05, 4.69) is 10.3 Å². The molecule has 0 saturated heterocycles. The van der Waals surface area contributed by atoms with Gasteiger partial charge < -0.3 is 24.8 Å².